The van der Waals surface area contributed by atoms with E-state index in [9.17, 15) is 14.7 Å². The van der Waals surface area contributed by atoms with E-state index < -0.39 is 11.5 Å². The highest BCUT2D eigenvalue weighted by Crippen LogP contribution is 2.46. The van der Waals surface area contributed by atoms with Crippen LogP contribution in [0.5, 0.6) is 23.0 Å². The number of amides is 1. The molecule has 0 aliphatic carbocycles. The Morgan fingerprint density at radius 2 is 1.83 bits per heavy atom. The van der Waals surface area contributed by atoms with E-state index in [1.165, 1.54) is 27.4 Å². The maximum Gasteiger partial charge on any atom is 0.343 e. The van der Waals surface area contributed by atoms with Crippen LogP contribution in [0.15, 0.2) is 57.9 Å². The number of methoxy groups -OCH3 is 3. The zero-order valence-electron chi connectivity index (χ0n) is 19.8. The number of aryl methyl sites for hydroxylation is 1. The molecule has 0 aliphatic heterocycles. The van der Waals surface area contributed by atoms with Crippen molar-refractivity contribution in [2.45, 2.75) is 19.3 Å². The second kappa shape index (κ2) is 9.84. The van der Waals surface area contributed by atoms with Gasteiger partial charge >= 0.3 is 5.63 Å². The van der Waals surface area contributed by atoms with Gasteiger partial charge in [-0.1, -0.05) is 12.1 Å². The molecule has 0 unspecified atom stereocenters. The lowest BCUT2D eigenvalue weighted by molar-refractivity contribution is -0.116. The molecule has 0 saturated carbocycles. The SMILES string of the molecule is COc1ccc([C@H](CC(=O)Nc2ccc3cc[nH]c3c2)c2c(O)cc(C)oc2=O)c(OC)c1OC. The monoisotopic (exact) mass is 478 g/mol. The highest BCUT2D eigenvalue weighted by atomic mass is 16.5. The van der Waals surface area contributed by atoms with E-state index in [4.69, 9.17) is 18.6 Å². The van der Waals surface area contributed by atoms with Gasteiger partial charge in [-0.15, -0.1) is 0 Å². The normalized spacial score (nSPS) is 11.8. The first-order valence-corrected chi connectivity index (χ1v) is 10.9. The number of carbonyl (C=O) groups excluding carboxylic acids is 1. The molecule has 0 aliphatic rings. The Labute approximate surface area is 201 Å². The van der Waals surface area contributed by atoms with Crippen LogP contribution in [0.3, 0.4) is 0 Å². The molecule has 182 valence electrons. The van der Waals surface area contributed by atoms with Crippen LogP contribution in [-0.4, -0.2) is 37.3 Å². The smallest absolute Gasteiger partial charge is 0.343 e. The summed E-state index contributed by atoms with van der Waals surface area (Å²) in [6.07, 6.45) is 1.63. The van der Waals surface area contributed by atoms with E-state index in [0.29, 0.717) is 22.7 Å². The average molecular weight is 479 g/mol. The molecule has 2 aromatic heterocycles. The highest BCUT2D eigenvalue weighted by molar-refractivity contribution is 5.94. The van der Waals surface area contributed by atoms with Gasteiger partial charge in [-0.2, -0.15) is 0 Å². The Hall–Kier alpha value is -4.40. The van der Waals surface area contributed by atoms with Crippen LogP contribution in [0, 0.1) is 6.92 Å². The van der Waals surface area contributed by atoms with Gasteiger partial charge < -0.3 is 34.0 Å². The lowest BCUT2D eigenvalue weighted by atomic mass is 9.87. The number of ether oxygens (including phenoxy) is 3. The van der Waals surface area contributed by atoms with Gasteiger partial charge in [-0.3, -0.25) is 4.79 Å². The Morgan fingerprint density at radius 1 is 1.06 bits per heavy atom. The number of hydrogen-bond acceptors (Lipinski definition) is 7. The fraction of sp³-hybridized carbons (Fsp3) is 0.231. The molecule has 0 fully saturated rings. The molecule has 9 heteroatoms. The number of aromatic hydroxyl groups is 1. The van der Waals surface area contributed by atoms with E-state index in [1.54, 1.807) is 25.1 Å². The molecular weight excluding hydrogens is 452 g/mol. The number of carbonyl (C=O) groups is 1. The number of benzene rings is 2. The second-order valence-electron chi connectivity index (χ2n) is 7.95. The topological polar surface area (TPSA) is 123 Å². The van der Waals surface area contributed by atoms with Crippen LogP contribution < -0.4 is 25.2 Å². The first-order valence-electron chi connectivity index (χ1n) is 10.9. The molecule has 4 aromatic rings. The summed E-state index contributed by atoms with van der Waals surface area (Å²) >= 11 is 0. The van der Waals surface area contributed by atoms with E-state index >= 15 is 0 Å². The molecule has 2 heterocycles. The van der Waals surface area contributed by atoms with Crippen LogP contribution in [-0.2, 0) is 4.79 Å². The maximum absolute atomic E-state index is 13.2. The van der Waals surface area contributed by atoms with E-state index in [-0.39, 0.29) is 35.2 Å². The van der Waals surface area contributed by atoms with Crippen LogP contribution in [0.25, 0.3) is 10.9 Å². The third kappa shape index (κ3) is 4.65. The van der Waals surface area contributed by atoms with Crippen molar-refractivity contribution in [2.75, 3.05) is 26.6 Å². The van der Waals surface area contributed by atoms with Crippen LogP contribution >= 0.6 is 0 Å². The molecule has 3 N–H and O–H groups in total. The van der Waals surface area contributed by atoms with Gasteiger partial charge in [0.05, 0.1) is 26.9 Å². The summed E-state index contributed by atoms with van der Waals surface area (Å²) in [7, 11) is 4.39. The number of hydrogen-bond donors (Lipinski definition) is 3. The number of rotatable bonds is 8. The van der Waals surface area contributed by atoms with Crippen molar-refractivity contribution in [3.8, 4) is 23.0 Å². The Bertz CT molecular complexity index is 1440. The Kier molecular flexibility index (Phi) is 6.68. The number of aromatic nitrogens is 1. The molecule has 0 saturated heterocycles. The fourth-order valence-electron chi connectivity index (χ4n) is 4.22. The Balaban J connectivity index is 1.78. The summed E-state index contributed by atoms with van der Waals surface area (Å²) < 4.78 is 21.7. The van der Waals surface area contributed by atoms with Gasteiger partial charge in [0, 0.05) is 41.4 Å². The average Bonchev–Trinajstić information content (AvgIpc) is 3.29. The molecule has 0 radical (unpaired) electrons. The van der Waals surface area contributed by atoms with E-state index in [1.807, 2.05) is 24.4 Å². The van der Waals surface area contributed by atoms with Crippen molar-refractivity contribution in [3.63, 3.8) is 0 Å². The van der Waals surface area contributed by atoms with Crippen molar-refractivity contribution in [1.29, 1.82) is 0 Å². The van der Waals surface area contributed by atoms with Crippen LogP contribution in [0.2, 0.25) is 0 Å². The zero-order valence-corrected chi connectivity index (χ0v) is 19.8. The van der Waals surface area contributed by atoms with Crippen LogP contribution in [0.4, 0.5) is 5.69 Å². The largest absolute Gasteiger partial charge is 0.507 e. The van der Waals surface area contributed by atoms with Gasteiger partial charge in [0.15, 0.2) is 11.5 Å². The summed E-state index contributed by atoms with van der Waals surface area (Å²) in [6, 6.07) is 12.1. The van der Waals surface area contributed by atoms with E-state index in [0.717, 1.165) is 10.9 Å². The van der Waals surface area contributed by atoms with Crippen molar-refractivity contribution in [1.82, 2.24) is 4.98 Å². The molecule has 1 amide bonds. The number of anilines is 1. The first kappa shape index (κ1) is 23.7. The maximum atomic E-state index is 13.2. The fourth-order valence-corrected chi connectivity index (χ4v) is 4.22. The molecule has 9 nitrogen and oxygen atoms in total. The minimum Gasteiger partial charge on any atom is -0.507 e. The lowest BCUT2D eigenvalue weighted by Gasteiger charge is -2.22. The number of H-pyrrole nitrogens is 1. The summed E-state index contributed by atoms with van der Waals surface area (Å²) in [5.74, 6) is -0.328. The number of nitrogens with one attached hydrogen (secondary N) is 2. The quantitative estimate of drug-likeness (QED) is 0.345. The summed E-state index contributed by atoms with van der Waals surface area (Å²) in [4.78, 5) is 29.1. The number of fused-ring (bicyclic) bond motifs is 1. The van der Waals surface area contributed by atoms with Gasteiger partial charge in [-0.25, -0.2) is 4.79 Å². The molecule has 1 atom stereocenters. The van der Waals surface area contributed by atoms with Crippen LogP contribution in [0.1, 0.15) is 29.2 Å². The molecule has 2 aromatic carbocycles. The molecule has 0 bridgehead atoms. The predicted molar refractivity (Wildman–Crippen MR) is 131 cm³/mol. The van der Waals surface area contributed by atoms with Crippen molar-refractivity contribution in [3.05, 3.63) is 76.0 Å². The minimum absolute atomic E-state index is 0.0592. The van der Waals surface area contributed by atoms with Gasteiger partial charge in [0.2, 0.25) is 11.7 Å². The summed E-state index contributed by atoms with van der Waals surface area (Å²) in [6.45, 7) is 1.56. The molecule has 4 rings (SSSR count). The minimum atomic E-state index is -0.907. The summed E-state index contributed by atoms with van der Waals surface area (Å²) in [5, 5.41) is 14.6. The molecule has 0 spiro atoms. The summed E-state index contributed by atoms with van der Waals surface area (Å²) in [5.41, 5.74) is 1.11. The highest BCUT2D eigenvalue weighted by Gasteiger charge is 2.30. The molecular formula is C26H26N2O7. The van der Waals surface area contributed by atoms with Gasteiger partial charge in [0.25, 0.3) is 0 Å². The second-order valence-corrected chi connectivity index (χ2v) is 7.95. The third-order valence-corrected chi connectivity index (χ3v) is 5.78. The number of aromatic amines is 1. The van der Waals surface area contributed by atoms with Crippen molar-refractivity contribution < 1.29 is 28.5 Å². The van der Waals surface area contributed by atoms with Gasteiger partial charge in [-0.05, 0) is 36.6 Å². The molecule has 35 heavy (non-hydrogen) atoms. The third-order valence-electron chi connectivity index (χ3n) is 5.78. The Morgan fingerprint density at radius 3 is 2.51 bits per heavy atom. The van der Waals surface area contributed by atoms with Gasteiger partial charge in [0.1, 0.15) is 11.5 Å². The van der Waals surface area contributed by atoms with E-state index in [2.05, 4.69) is 10.3 Å². The standard InChI is InChI=1S/C26H26N2O7/c1-14-11-20(29)23(26(31)35-14)18(17-7-8-21(32-2)25(34-4)24(17)33-3)13-22(30)28-16-6-5-15-9-10-27-19(15)12-16/h5-12,18,27,29H,13H2,1-4H3,(H,28,30)/t18-/m0/s1. The predicted octanol–water partition coefficient (Wildman–Crippen LogP) is 4.32. The van der Waals surface area contributed by atoms with Crippen molar-refractivity contribution in [2.24, 2.45) is 0 Å². The lowest BCUT2D eigenvalue weighted by Crippen LogP contribution is -2.21. The first-order chi connectivity index (χ1) is 16.9. The zero-order chi connectivity index (χ0) is 25.1. The van der Waals surface area contributed by atoms with Crippen molar-refractivity contribution >= 4 is 22.5 Å².